The summed E-state index contributed by atoms with van der Waals surface area (Å²) in [7, 11) is 5.85. The molecule has 108 valence electrons. The van der Waals surface area contributed by atoms with Crippen molar-refractivity contribution in [2.45, 2.75) is 6.04 Å². The molecule has 0 spiro atoms. The second kappa shape index (κ2) is 5.58. The molecule has 4 nitrogen and oxygen atoms in total. The summed E-state index contributed by atoms with van der Waals surface area (Å²) < 4.78 is 5.35. The lowest BCUT2D eigenvalue weighted by molar-refractivity contribution is 0.343. The summed E-state index contributed by atoms with van der Waals surface area (Å²) in [6.45, 7) is 0. The van der Waals surface area contributed by atoms with Crippen LogP contribution >= 0.6 is 0 Å². The number of ether oxygens (including phenoxy) is 1. The van der Waals surface area contributed by atoms with E-state index in [0.717, 1.165) is 11.3 Å². The van der Waals surface area contributed by atoms with Crippen molar-refractivity contribution in [1.82, 2.24) is 14.9 Å². The van der Waals surface area contributed by atoms with Gasteiger partial charge in [0.05, 0.1) is 13.2 Å². The SMILES string of the molecule is COc1ccc2[nH]cc(C(c3cccnc3)N(C)C)c2c1. The summed E-state index contributed by atoms with van der Waals surface area (Å²) in [6, 6.07) is 10.3. The van der Waals surface area contributed by atoms with Gasteiger partial charge in [-0.1, -0.05) is 6.07 Å². The Hall–Kier alpha value is -2.33. The molecule has 0 fully saturated rings. The van der Waals surface area contributed by atoms with Gasteiger partial charge in [0, 0.05) is 29.5 Å². The summed E-state index contributed by atoms with van der Waals surface area (Å²) in [4.78, 5) is 9.79. The van der Waals surface area contributed by atoms with E-state index in [1.54, 1.807) is 13.3 Å². The van der Waals surface area contributed by atoms with E-state index in [1.165, 1.54) is 16.5 Å². The predicted molar refractivity (Wildman–Crippen MR) is 84.6 cm³/mol. The molecular formula is C17H19N3O. The monoisotopic (exact) mass is 281 g/mol. The van der Waals surface area contributed by atoms with Crippen LogP contribution < -0.4 is 4.74 Å². The molecule has 0 bridgehead atoms. The molecule has 2 aromatic heterocycles. The van der Waals surface area contributed by atoms with Crippen LogP contribution in [0.3, 0.4) is 0 Å². The standard InChI is InChI=1S/C17H19N3O/c1-20(2)17(12-5-4-8-18-10-12)15-11-19-16-7-6-13(21-3)9-14(15)16/h4-11,17,19H,1-3H3. The maximum absolute atomic E-state index is 5.35. The fraction of sp³-hybridized carbons (Fsp3) is 0.235. The molecule has 0 amide bonds. The van der Waals surface area contributed by atoms with Gasteiger partial charge in [-0.05, 0) is 49.5 Å². The smallest absolute Gasteiger partial charge is 0.119 e. The molecule has 0 radical (unpaired) electrons. The predicted octanol–water partition coefficient (Wildman–Crippen LogP) is 3.22. The second-order valence-electron chi connectivity index (χ2n) is 5.31. The zero-order chi connectivity index (χ0) is 14.8. The van der Waals surface area contributed by atoms with Crippen molar-refractivity contribution >= 4 is 10.9 Å². The van der Waals surface area contributed by atoms with Crippen LogP contribution in [-0.4, -0.2) is 36.1 Å². The van der Waals surface area contributed by atoms with E-state index in [9.17, 15) is 0 Å². The molecule has 21 heavy (non-hydrogen) atoms. The third kappa shape index (κ3) is 2.50. The summed E-state index contributed by atoms with van der Waals surface area (Å²) in [5.74, 6) is 0.868. The molecule has 3 aromatic rings. The molecule has 0 saturated carbocycles. The zero-order valence-electron chi connectivity index (χ0n) is 12.5. The Kier molecular flexibility index (Phi) is 3.62. The van der Waals surface area contributed by atoms with E-state index >= 15 is 0 Å². The van der Waals surface area contributed by atoms with Crippen LogP contribution in [0.1, 0.15) is 17.2 Å². The number of H-pyrrole nitrogens is 1. The van der Waals surface area contributed by atoms with Crippen molar-refractivity contribution in [3.05, 3.63) is 60.0 Å². The number of aromatic amines is 1. The normalized spacial score (nSPS) is 12.8. The van der Waals surface area contributed by atoms with Crippen molar-refractivity contribution in [1.29, 1.82) is 0 Å². The summed E-state index contributed by atoms with van der Waals surface area (Å²) in [5, 5.41) is 1.18. The summed E-state index contributed by atoms with van der Waals surface area (Å²) in [6.07, 6.45) is 5.79. The highest BCUT2D eigenvalue weighted by Gasteiger charge is 2.20. The molecule has 2 heterocycles. The number of rotatable bonds is 4. The van der Waals surface area contributed by atoms with Gasteiger partial charge in [-0.25, -0.2) is 0 Å². The van der Waals surface area contributed by atoms with E-state index in [1.807, 2.05) is 24.4 Å². The van der Waals surface area contributed by atoms with Gasteiger partial charge in [0.15, 0.2) is 0 Å². The van der Waals surface area contributed by atoms with Crippen molar-refractivity contribution in [3.63, 3.8) is 0 Å². The third-order valence-electron chi connectivity index (χ3n) is 3.73. The highest BCUT2D eigenvalue weighted by molar-refractivity contribution is 5.85. The van der Waals surface area contributed by atoms with E-state index in [2.05, 4.69) is 47.3 Å². The van der Waals surface area contributed by atoms with Gasteiger partial charge < -0.3 is 9.72 Å². The lowest BCUT2D eigenvalue weighted by Gasteiger charge is -2.24. The van der Waals surface area contributed by atoms with Crippen molar-refractivity contribution in [2.24, 2.45) is 0 Å². The first-order valence-electron chi connectivity index (χ1n) is 6.92. The van der Waals surface area contributed by atoms with Gasteiger partial charge in [-0.3, -0.25) is 9.88 Å². The lowest BCUT2D eigenvalue weighted by Crippen LogP contribution is -2.21. The maximum atomic E-state index is 5.35. The molecule has 1 aromatic carbocycles. The molecule has 3 rings (SSSR count). The van der Waals surface area contributed by atoms with Crippen LogP contribution in [0.5, 0.6) is 5.75 Å². The highest BCUT2D eigenvalue weighted by Crippen LogP contribution is 2.33. The zero-order valence-corrected chi connectivity index (χ0v) is 12.5. The second-order valence-corrected chi connectivity index (χ2v) is 5.31. The van der Waals surface area contributed by atoms with Crippen LogP contribution in [0.2, 0.25) is 0 Å². The largest absolute Gasteiger partial charge is 0.497 e. The van der Waals surface area contributed by atoms with Crippen LogP contribution in [-0.2, 0) is 0 Å². The van der Waals surface area contributed by atoms with E-state index in [-0.39, 0.29) is 6.04 Å². The number of fused-ring (bicyclic) bond motifs is 1. The average molecular weight is 281 g/mol. The van der Waals surface area contributed by atoms with Gasteiger partial charge in [-0.15, -0.1) is 0 Å². The number of methoxy groups -OCH3 is 1. The fourth-order valence-corrected chi connectivity index (χ4v) is 2.77. The summed E-state index contributed by atoms with van der Waals surface area (Å²) in [5.41, 5.74) is 3.51. The Bertz CT molecular complexity index is 734. The minimum atomic E-state index is 0.152. The third-order valence-corrected chi connectivity index (χ3v) is 3.73. The lowest BCUT2D eigenvalue weighted by atomic mass is 9.98. The van der Waals surface area contributed by atoms with Crippen molar-refractivity contribution < 1.29 is 4.74 Å². The Morgan fingerprint density at radius 1 is 1.24 bits per heavy atom. The number of nitrogens with one attached hydrogen (secondary N) is 1. The van der Waals surface area contributed by atoms with Gasteiger partial charge in [-0.2, -0.15) is 0 Å². The van der Waals surface area contributed by atoms with Gasteiger partial charge in [0.1, 0.15) is 5.75 Å². The van der Waals surface area contributed by atoms with Crippen molar-refractivity contribution in [3.8, 4) is 5.75 Å². The van der Waals surface area contributed by atoms with Crippen LogP contribution in [0.4, 0.5) is 0 Å². The maximum Gasteiger partial charge on any atom is 0.119 e. The number of nitrogens with zero attached hydrogens (tertiary/aromatic N) is 2. The van der Waals surface area contributed by atoms with E-state index < -0.39 is 0 Å². The fourth-order valence-electron chi connectivity index (χ4n) is 2.77. The topological polar surface area (TPSA) is 41.1 Å². The molecule has 0 aliphatic rings. The molecular weight excluding hydrogens is 262 g/mol. The number of hydrogen-bond acceptors (Lipinski definition) is 3. The Balaban J connectivity index is 2.16. The van der Waals surface area contributed by atoms with Crippen LogP contribution in [0.15, 0.2) is 48.9 Å². The first kappa shape index (κ1) is 13.6. The van der Waals surface area contributed by atoms with Gasteiger partial charge in [0.25, 0.3) is 0 Å². The minimum Gasteiger partial charge on any atom is -0.497 e. The molecule has 1 atom stereocenters. The Morgan fingerprint density at radius 2 is 2.10 bits per heavy atom. The molecule has 0 aliphatic heterocycles. The molecule has 0 saturated heterocycles. The Morgan fingerprint density at radius 3 is 2.76 bits per heavy atom. The van der Waals surface area contributed by atoms with Gasteiger partial charge in [0.2, 0.25) is 0 Å². The highest BCUT2D eigenvalue weighted by atomic mass is 16.5. The van der Waals surface area contributed by atoms with Crippen LogP contribution in [0, 0.1) is 0 Å². The Labute approximate surface area is 124 Å². The van der Waals surface area contributed by atoms with E-state index in [4.69, 9.17) is 4.74 Å². The molecule has 1 unspecified atom stereocenters. The average Bonchev–Trinajstić information content (AvgIpc) is 2.91. The minimum absolute atomic E-state index is 0.152. The quantitative estimate of drug-likeness (QED) is 0.798. The number of benzene rings is 1. The first-order chi connectivity index (χ1) is 10.2. The molecule has 0 aliphatic carbocycles. The van der Waals surface area contributed by atoms with Gasteiger partial charge >= 0.3 is 0 Å². The first-order valence-corrected chi connectivity index (χ1v) is 6.92. The van der Waals surface area contributed by atoms with Crippen molar-refractivity contribution in [2.75, 3.05) is 21.2 Å². The number of hydrogen-bond donors (Lipinski definition) is 1. The number of pyridine rings is 1. The molecule has 4 heteroatoms. The number of aromatic nitrogens is 2. The van der Waals surface area contributed by atoms with Crippen LogP contribution in [0.25, 0.3) is 10.9 Å². The van der Waals surface area contributed by atoms with E-state index in [0.29, 0.717) is 0 Å². The molecule has 1 N–H and O–H groups in total. The summed E-state index contributed by atoms with van der Waals surface area (Å²) >= 11 is 0.